The molecule has 0 amide bonds. The summed E-state index contributed by atoms with van der Waals surface area (Å²) in [7, 11) is 2.76. The first-order valence-corrected chi connectivity index (χ1v) is 4.95. The average molecular weight is 235 g/mol. The lowest BCUT2D eigenvalue weighted by molar-refractivity contribution is 0.320. The maximum Gasteiger partial charge on any atom is 0.207 e. The first-order valence-electron chi connectivity index (χ1n) is 4.95. The molecule has 4 N–H and O–H groups in total. The van der Waals surface area contributed by atoms with Crippen LogP contribution in [0.15, 0.2) is 18.2 Å². The van der Waals surface area contributed by atoms with Crippen LogP contribution in [0.3, 0.4) is 0 Å². The Bertz CT molecular complexity index is 580. The Hall–Kier alpha value is -2.30. The molecule has 0 radical (unpaired) electrons. The van der Waals surface area contributed by atoms with Crippen LogP contribution >= 0.6 is 0 Å². The summed E-state index contributed by atoms with van der Waals surface area (Å²) in [6, 6.07) is 4.96. The summed E-state index contributed by atoms with van der Waals surface area (Å²) in [5.74, 6) is -0.0989. The minimum Gasteiger partial charge on any atom is -0.504 e. The Kier molecular flexibility index (Phi) is 2.59. The van der Waals surface area contributed by atoms with Crippen molar-refractivity contribution in [1.29, 1.82) is 0 Å². The zero-order valence-electron chi connectivity index (χ0n) is 9.52. The SMILES string of the molecule is COc1c(OC)c(O)c2c(N)cccc2c1O. The summed E-state index contributed by atoms with van der Waals surface area (Å²) < 4.78 is 10.0. The molecule has 0 bridgehead atoms. The van der Waals surface area contributed by atoms with Crippen molar-refractivity contribution in [3.63, 3.8) is 0 Å². The fourth-order valence-electron chi connectivity index (χ4n) is 1.86. The van der Waals surface area contributed by atoms with Gasteiger partial charge in [0.15, 0.2) is 11.5 Å². The third-order valence-electron chi connectivity index (χ3n) is 2.63. The van der Waals surface area contributed by atoms with Crippen LogP contribution in [-0.2, 0) is 0 Å². The van der Waals surface area contributed by atoms with Gasteiger partial charge in [0.1, 0.15) is 0 Å². The van der Waals surface area contributed by atoms with Crippen molar-refractivity contribution in [1.82, 2.24) is 0 Å². The van der Waals surface area contributed by atoms with Crippen LogP contribution in [-0.4, -0.2) is 24.4 Å². The van der Waals surface area contributed by atoms with Gasteiger partial charge < -0.3 is 25.4 Å². The number of fused-ring (bicyclic) bond motifs is 1. The van der Waals surface area contributed by atoms with Gasteiger partial charge in [0.25, 0.3) is 0 Å². The molecule has 0 spiro atoms. The normalized spacial score (nSPS) is 10.5. The molecule has 0 saturated carbocycles. The number of phenolic OH excluding ortho intramolecular Hbond substituents is 2. The number of aromatic hydroxyl groups is 2. The third kappa shape index (κ3) is 1.47. The van der Waals surface area contributed by atoms with Crippen molar-refractivity contribution in [3.05, 3.63) is 18.2 Å². The molecule has 90 valence electrons. The first-order chi connectivity index (χ1) is 8.11. The van der Waals surface area contributed by atoms with Crippen LogP contribution < -0.4 is 15.2 Å². The number of benzene rings is 2. The Morgan fingerprint density at radius 3 is 2.18 bits per heavy atom. The van der Waals surface area contributed by atoms with Gasteiger partial charge in [0.05, 0.1) is 19.6 Å². The molecule has 0 saturated heterocycles. The molecule has 2 aromatic carbocycles. The Morgan fingerprint density at radius 2 is 1.59 bits per heavy atom. The van der Waals surface area contributed by atoms with Crippen LogP contribution in [0.25, 0.3) is 10.8 Å². The van der Waals surface area contributed by atoms with Gasteiger partial charge in [0, 0.05) is 11.1 Å². The fourth-order valence-corrected chi connectivity index (χ4v) is 1.86. The van der Waals surface area contributed by atoms with E-state index < -0.39 is 0 Å². The molecule has 0 unspecified atom stereocenters. The first kappa shape index (κ1) is 11.2. The van der Waals surface area contributed by atoms with Crippen LogP contribution in [0.1, 0.15) is 0 Å². The summed E-state index contributed by atoms with van der Waals surface area (Å²) in [5.41, 5.74) is 6.13. The van der Waals surface area contributed by atoms with E-state index in [4.69, 9.17) is 15.2 Å². The van der Waals surface area contributed by atoms with Gasteiger partial charge in [-0.1, -0.05) is 12.1 Å². The fraction of sp³-hybridized carbons (Fsp3) is 0.167. The summed E-state index contributed by atoms with van der Waals surface area (Å²) in [6.45, 7) is 0. The van der Waals surface area contributed by atoms with Crippen LogP contribution in [0.4, 0.5) is 5.69 Å². The smallest absolute Gasteiger partial charge is 0.207 e. The molecule has 2 aromatic rings. The largest absolute Gasteiger partial charge is 0.504 e. The molecule has 0 aliphatic heterocycles. The predicted molar refractivity (Wildman–Crippen MR) is 64.8 cm³/mol. The van der Waals surface area contributed by atoms with E-state index >= 15 is 0 Å². The molecular formula is C12H13NO4. The number of rotatable bonds is 2. The third-order valence-corrected chi connectivity index (χ3v) is 2.63. The van der Waals surface area contributed by atoms with Crippen molar-refractivity contribution in [2.24, 2.45) is 0 Å². The van der Waals surface area contributed by atoms with Gasteiger partial charge in [-0.05, 0) is 6.07 Å². The standard InChI is InChI=1S/C12H13NO4/c1-16-11-9(14)6-4-3-5-7(13)8(6)10(15)12(11)17-2/h3-5,14-15H,13H2,1-2H3. The molecule has 2 rings (SSSR count). The monoisotopic (exact) mass is 235 g/mol. The zero-order chi connectivity index (χ0) is 12.6. The lowest BCUT2D eigenvalue weighted by Gasteiger charge is -2.15. The van der Waals surface area contributed by atoms with E-state index in [9.17, 15) is 10.2 Å². The van der Waals surface area contributed by atoms with Gasteiger partial charge in [-0.3, -0.25) is 0 Å². The minimum absolute atomic E-state index is 0.0652. The van der Waals surface area contributed by atoms with E-state index in [1.165, 1.54) is 14.2 Å². The quantitative estimate of drug-likeness (QED) is 0.546. The van der Waals surface area contributed by atoms with Crippen LogP contribution in [0.2, 0.25) is 0 Å². The highest BCUT2D eigenvalue weighted by Crippen LogP contribution is 2.51. The number of phenols is 2. The number of ether oxygens (including phenoxy) is 2. The van der Waals surface area contributed by atoms with Crippen molar-refractivity contribution in [2.75, 3.05) is 20.0 Å². The molecule has 17 heavy (non-hydrogen) atoms. The summed E-state index contributed by atoms with van der Waals surface area (Å²) in [6.07, 6.45) is 0. The molecular weight excluding hydrogens is 222 g/mol. The molecule has 0 atom stereocenters. The van der Waals surface area contributed by atoms with Gasteiger partial charge in [0.2, 0.25) is 11.5 Å². The second-order valence-electron chi connectivity index (χ2n) is 3.53. The Labute approximate surface area is 98.0 Å². The van der Waals surface area contributed by atoms with Gasteiger partial charge in [-0.2, -0.15) is 0 Å². The zero-order valence-corrected chi connectivity index (χ0v) is 9.52. The summed E-state index contributed by atoms with van der Waals surface area (Å²) in [4.78, 5) is 0. The molecule has 5 heteroatoms. The van der Waals surface area contributed by atoms with E-state index in [2.05, 4.69) is 0 Å². The Balaban J connectivity index is 2.99. The number of hydrogen-bond acceptors (Lipinski definition) is 5. The lowest BCUT2D eigenvalue weighted by Crippen LogP contribution is -1.95. The molecule has 0 aromatic heterocycles. The van der Waals surface area contributed by atoms with Gasteiger partial charge in [-0.25, -0.2) is 0 Å². The second-order valence-corrected chi connectivity index (χ2v) is 3.53. The molecule has 0 heterocycles. The van der Waals surface area contributed by atoms with Crippen molar-refractivity contribution in [2.45, 2.75) is 0 Å². The maximum atomic E-state index is 10.1. The van der Waals surface area contributed by atoms with Gasteiger partial charge in [-0.15, -0.1) is 0 Å². The topological polar surface area (TPSA) is 84.9 Å². The van der Waals surface area contributed by atoms with Crippen molar-refractivity contribution in [3.8, 4) is 23.0 Å². The second kappa shape index (κ2) is 3.93. The number of methoxy groups -OCH3 is 2. The van der Waals surface area contributed by atoms with Crippen molar-refractivity contribution < 1.29 is 19.7 Å². The highest BCUT2D eigenvalue weighted by molar-refractivity contribution is 6.04. The van der Waals surface area contributed by atoms with E-state index in [1.807, 2.05) is 0 Å². The van der Waals surface area contributed by atoms with Gasteiger partial charge >= 0.3 is 0 Å². The van der Waals surface area contributed by atoms with Crippen LogP contribution in [0.5, 0.6) is 23.0 Å². The Morgan fingerprint density at radius 1 is 1.00 bits per heavy atom. The molecule has 0 aliphatic carbocycles. The summed E-state index contributed by atoms with van der Waals surface area (Å²) >= 11 is 0. The number of anilines is 1. The lowest BCUT2D eigenvalue weighted by atomic mass is 10.1. The highest BCUT2D eigenvalue weighted by Gasteiger charge is 2.21. The van der Waals surface area contributed by atoms with E-state index in [0.29, 0.717) is 16.5 Å². The average Bonchev–Trinajstić information content (AvgIpc) is 2.33. The number of nitrogens with two attached hydrogens (primary N) is 1. The van der Waals surface area contributed by atoms with Crippen LogP contribution in [0, 0.1) is 0 Å². The number of hydrogen-bond donors (Lipinski definition) is 3. The van der Waals surface area contributed by atoms with Crippen molar-refractivity contribution >= 4 is 16.5 Å². The van der Waals surface area contributed by atoms with E-state index in [1.54, 1.807) is 18.2 Å². The van der Waals surface area contributed by atoms with E-state index in [0.717, 1.165) is 0 Å². The minimum atomic E-state index is -0.143. The molecule has 5 nitrogen and oxygen atoms in total. The summed E-state index contributed by atoms with van der Waals surface area (Å²) in [5, 5.41) is 20.9. The highest BCUT2D eigenvalue weighted by atomic mass is 16.5. The molecule has 0 fully saturated rings. The molecule has 0 aliphatic rings. The predicted octanol–water partition coefficient (Wildman–Crippen LogP) is 1.85. The maximum absolute atomic E-state index is 10.1. The number of nitrogen functional groups attached to an aromatic ring is 1. The van der Waals surface area contributed by atoms with E-state index in [-0.39, 0.29) is 23.0 Å².